The van der Waals surface area contributed by atoms with Crippen LogP contribution in [0.4, 0.5) is 0 Å². The minimum Gasteiger partial charge on any atom is -0.493 e. The molecule has 1 aromatic rings. The number of halogens is 1. The highest BCUT2D eigenvalue weighted by molar-refractivity contribution is 7.91. The van der Waals surface area contributed by atoms with Crippen LogP contribution in [0.25, 0.3) is 0 Å². The van der Waals surface area contributed by atoms with Gasteiger partial charge in [-0.15, -0.1) is 0 Å². The maximum Gasteiger partial charge on any atom is 0.252 e. The molecular formula is C21H31ClN2O4S. The van der Waals surface area contributed by atoms with Crippen LogP contribution in [0.1, 0.15) is 55.3 Å². The van der Waals surface area contributed by atoms with Gasteiger partial charge in [0.1, 0.15) is 12.4 Å². The summed E-state index contributed by atoms with van der Waals surface area (Å²) in [5, 5.41) is 3.45. The molecule has 6 nitrogen and oxygen atoms in total. The van der Waals surface area contributed by atoms with Gasteiger partial charge >= 0.3 is 0 Å². The number of fused-ring (bicyclic) bond motifs is 2. The van der Waals surface area contributed by atoms with Gasteiger partial charge in [-0.25, -0.2) is 8.42 Å². The predicted octanol–water partition coefficient (Wildman–Crippen LogP) is 3.18. The highest BCUT2D eigenvalue weighted by Gasteiger charge is 2.39. The Bertz CT molecular complexity index is 818. The Morgan fingerprint density at radius 3 is 2.66 bits per heavy atom. The summed E-state index contributed by atoms with van der Waals surface area (Å²) in [6.45, 7) is 0.784. The molecule has 0 aliphatic heterocycles. The Morgan fingerprint density at radius 2 is 1.97 bits per heavy atom. The summed E-state index contributed by atoms with van der Waals surface area (Å²) < 4.78 is 29.0. The van der Waals surface area contributed by atoms with E-state index in [9.17, 15) is 13.2 Å². The summed E-state index contributed by atoms with van der Waals surface area (Å²) in [6, 6.07) is 4.82. The maximum absolute atomic E-state index is 12.8. The Labute approximate surface area is 178 Å². The number of rotatable bonds is 9. The van der Waals surface area contributed by atoms with Crippen molar-refractivity contribution in [3.8, 4) is 5.75 Å². The molecule has 0 radical (unpaired) electrons. The highest BCUT2D eigenvalue weighted by Crippen LogP contribution is 2.48. The van der Waals surface area contributed by atoms with Gasteiger partial charge in [0.2, 0.25) is 0 Å². The van der Waals surface area contributed by atoms with Crippen molar-refractivity contribution in [3.63, 3.8) is 0 Å². The molecule has 8 heteroatoms. The summed E-state index contributed by atoms with van der Waals surface area (Å²) in [6.07, 6.45) is 8.70. The van der Waals surface area contributed by atoms with Crippen molar-refractivity contribution < 1.29 is 17.9 Å². The Morgan fingerprint density at radius 1 is 1.24 bits per heavy atom. The first-order chi connectivity index (χ1) is 13.8. The fraction of sp³-hybridized carbons (Fsp3) is 0.667. The number of nitrogens with two attached hydrogens (primary N) is 1. The summed E-state index contributed by atoms with van der Waals surface area (Å²) >= 11 is 6.24. The van der Waals surface area contributed by atoms with Crippen molar-refractivity contribution in [1.29, 1.82) is 0 Å². The van der Waals surface area contributed by atoms with Crippen molar-refractivity contribution in [2.24, 2.45) is 17.1 Å². The van der Waals surface area contributed by atoms with E-state index in [1.165, 1.54) is 44.9 Å². The van der Waals surface area contributed by atoms with E-state index >= 15 is 0 Å². The van der Waals surface area contributed by atoms with E-state index in [1.807, 2.05) is 0 Å². The number of carbonyl (C=O) groups excluding carboxylic acids is 1. The van der Waals surface area contributed by atoms with Gasteiger partial charge in [0.15, 0.2) is 9.84 Å². The molecule has 2 saturated carbocycles. The fourth-order valence-electron chi connectivity index (χ4n) is 4.77. The summed E-state index contributed by atoms with van der Waals surface area (Å²) in [5.74, 6) is 0.852. The van der Waals surface area contributed by atoms with E-state index in [-0.39, 0.29) is 36.0 Å². The third kappa shape index (κ3) is 6.09. The third-order valence-electron chi connectivity index (χ3n) is 6.26. The van der Waals surface area contributed by atoms with Crippen LogP contribution in [0, 0.1) is 11.3 Å². The van der Waals surface area contributed by atoms with E-state index in [0.29, 0.717) is 22.9 Å². The number of nitrogens with one attached hydrogen (secondary N) is 1. The van der Waals surface area contributed by atoms with Crippen molar-refractivity contribution >= 4 is 27.3 Å². The molecule has 0 aromatic heterocycles. The summed E-state index contributed by atoms with van der Waals surface area (Å²) in [7, 11) is -3.22. The molecule has 0 saturated heterocycles. The lowest BCUT2D eigenvalue weighted by atomic mass is 9.62. The standard InChI is InChI=1S/C21H31ClN2O4S/c22-19-6-5-17(28-10-12-29(26,27)11-9-23)13-18(19)20(25)24-15-21-7-1-3-16(14-21)4-2-8-21/h5-6,13,16H,1-4,7-12,14-15,23H2,(H,24,25). The monoisotopic (exact) mass is 442 g/mol. The SMILES string of the molecule is NCCS(=O)(=O)CCOc1ccc(Cl)c(C(=O)NCC23CCCC(CCC2)C3)c1. The second kappa shape index (κ2) is 9.67. The number of benzene rings is 1. The van der Waals surface area contributed by atoms with Crippen LogP contribution >= 0.6 is 11.6 Å². The van der Waals surface area contributed by atoms with Crippen LogP contribution < -0.4 is 15.8 Å². The number of hydrogen-bond donors (Lipinski definition) is 2. The van der Waals surface area contributed by atoms with Gasteiger partial charge < -0.3 is 15.8 Å². The number of ether oxygens (including phenoxy) is 1. The first-order valence-corrected chi connectivity index (χ1v) is 12.6. The van der Waals surface area contributed by atoms with Gasteiger partial charge in [0, 0.05) is 13.1 Å². The molecular weight excluding hydrogens is 412 g/mol. The molecule has 2 bridgehead atoms. The smallest absolute Gasteiger partial charge is 0.252 e. The average molecular weight is 443 g/mol. The maximum atomic E-state index is 12.8. The van der Waals surface area contributed by atoms with E-state index in [4.69, 9.17) is 22.1 Å². The number of carbonyl (C=O) groups is 1. The van der Waals surface area contributed by atoms with E-state index in [0.717, 1.165) is 5.92 Å². The zero-order chi connectivity index (χ0) is 20.9. The lowest BCUT2D eigenvalue weighted by Gasteiger charge is -2.45. The molecule has 2 aliphatic rings. The quantitative estimate of drug-likeness (QED) is 0.611. The molecule has 1 amide bonds. The van der Waals surface area contributed by atoms with Crippen LogP contribution in [-0.4, -0.2) is 45.5 Å². The van der Waals surface area contributed by atoms with E-state index in [2.05, 4.69) is 5.32 Å². The van der Waals surface area contributed by atoms with Crippen LogP contribution in [0.3, 0.4) is 0 Å². The molecule has 2 aliphatic carbocycles. The molecule has 0 unspecified atom stereocenters. The van der Waals surface area contributed by atoms with Crippen molar-refractivity contribution in [3.05, 3.63) is 28.8 Å². The Balaban J connectivity index is 1.58. The molecule has 162 valence electrons. The van der Waals surface area contributed by atoms with Crippen molar-refractivity contribution in [2.75, 3.05) is 31.2 Å². The molecule has 29 heavy (non-hydrogen) atoms. The minimum absolute atomic E-state index is 0.00945. The van der Waals surface area contributed by atoms with Gasteiger partial charge in [-0.1, -0.05) is 37.3 Å². The molecule has 0 spiro atoms. The number of amides is 1. The zero-order valence-corrected chi connectivity index (χ0v) is 18.4. The number of sulfone groups is 1. The first kappa shape index (κ1) is 22.4. The minimum atomic E-state index is -3.22. The molecule has 2 fully saturated rings. The van der Waals surface area contributed by atoms with Crippen LogP contribution in [0.5, 0.6) is 5.75 Å². The summed E-state index contributed by atoms with van der Waals surface area (Å²) in [5.41, 5.74) is 5.89. The second-order valence-electron chi connectivity index (χ2n) is 8.47. The predicted molar refractivity (Wildman–Crippen MR) is 115 cm³/mol. The fourth-order valence-corrected chi connectivity index (χ4v) is 5.87. The van der Waals surface area contributed by atoms with Gasteiger partial charge in [0.25, 0.3) is 5.91 Å². The van der Waals surface area contributed by atoms with Crippen LogP contribution in [-0.2, 0) is 9.84 Å². The molecule has 1 aromatic carbocycles. The highest BCUT2D eigenvalue weighted by atomic mass is 35.5. The topological polar surface area (TPSA) is 98.5 Å². The largest absolute Gasteiger partial charge is 0.493 e. The van der Waals surface area contributed by atoms with Gasteiger partial charge in [-0.3, -0.25) is 4.79 Å². The van der Waals surface area contributed by atoms with E-state index in [1.54, 1.807) is 18.2 Å². The molecule has 3 rings (SSSR count). The Kier molecular flexibility index (Phi) is 7.46. The molecule has 0 heterocycles. The Hall–Kier alpha value is -1.31. The molecule has 0 atom stereocenters. The van der Waals surface area contributed by atoms with Crippen molar-refractivity contribution in [1.82, 2.24) is 5.32 Å². The lowest BCUT2D eigenvalue weighted by Crippen LogP contribution is -2.43. The number of hydrogen-bond acceptors (Lipinski definition) is 5. The van der Waals surface area contributed by atoms with Crippen LogP contribution in [0.15, 0.2) is 18.2 Å². The van der Waals surface area contributed by atoms with Gasteiger partial charge in [-0.2, -0.15) is 0 Å². The normalized spacial score (nSPS) is 24.1. The zero-order valence-electron chi connectivity index (χ0n) is 16.8. The molecule has 3 N–H and O–H groups in total. The van der Waals surface area contributed by atoms with Gasteiger partial charge in [-0.05, 0) is 48.8 Å². The van der Waals surface area contributed by atoms with Gasteiger partial charge in [0.05, 0.1) is 22.1 Å². The second-order valence-corrected chi connectivity index (χ2v) is 11.2. The van der Waals surface area contributed by atoms with Crippen molar-refractivity contribution in [2.45, 2.75) is 44.9 Å². The first-order valence-electron chi connectivity index (χ1n) is 10.4. The average Bonchev–Trinajstić information content (AvgIpc) is 2.67. The lowest BCUT2D eigenvalue weighted by molar-refractivity contribution is 0.0681. The summed E-state index contributed by atoms with van der Waals surface area (Å²) in [4.78, 5) is 12.8. The van der Waals surface area contributed by atoms with Crippen LogP contribution in [0.2, 0.25) is 5.02 Å². The van der Waals surface area contributed by atoms with E-state index < -0.39 is 9.84 Å². The third-order valence-corrected chi connectivity index (χ3v) is 8.23.